The minimum atomic E-state index is -0.129. The number of hydrogen-bond donors (Lipinski definition) is 2. The summed E-state index contributed by atoms with van der Waals surface area (Å²) in [5.41, 5.74) is 11.7. The monoisotopic (exact) mass is 314 g/mol. The Labute approximate surface area is 141 Å². The van der Waals surface area contributed by atoms with Crippen molar-refractivity contribution in [3.63, 3.8) is 0 Å². The predicted octanol–water partition coefficient (Wildman–Crippen LogP) is 3.61. The van der Waals surface area contributed by atoms with Crippen LogP contribution in [0.5, 0.6) is 0 Å². The summed E-state index contributed by atoms with van der Waals surface area (Å²) in [6, 6.07) is 25.9. The summed E-state index contributed by atoms with van der Waals surface area (Å²) in [5.74, 6) is -0.129. The van der Waals surface area contributed by atoms with Crippen molar-refractivity contribution in [2.24, 2.45) is 0 Å². The highest BCUT2D eigenvalue weighted by Crippen LogP contribution is 2.34. The Hall–Kier alpha value is -2.91. The molecule has 0 aromatic heterocycles. The standard InChI is InChI=1S/C21H18N2O/c24-21(15-8-2-1-3-9-15)23-22-20-18-12-6-4-10-16(18)14-17-11-5-7-13-19(17)20/h1-13,20,22H,14H2,(H,23,24). The van der Waals surface area contributed by atoms with Gasteiger partial charge in [-0.25, -0.2) is 5.43 Å². The maximum Gasteiger partial charge on any atom is 0.265 e. The predicted molar refractivity (Wildman–Crippen MR) is 94.6 cm³/mol. The van der Waals surface area contributed by atoms with Crippen molar-refractivity contribution in [2.45, 2.75) is 12.5 Å². The fraction of sp³-hybridized carbons (Fsp3) is 0.0952. The Balaban J connectivity index is 1.62. The number of carbonyl (C=O) groups is 1. The van der Waals surface area contributed by atoms with E-state index in [4.69, 9.17) is 0 Å². The molecule has 0 aliphatic heterocycles. The molecule has 24 heavy (non-hydrogen) atoms. The molecule has 0 spiro atoms. The van der Waals surface area contributed by atoms with E-state index in [2.05, 4.69) is 47.2 Å². The normalized spacial score (nSPS) is 13.0. The highest BCUT2D eigenvalue weighted by Gasteiger charge is 2.25. The molecular weight excluding hydrogens is 296 g/mol. The van der Waals surface area contributed by atoms with Gasteiger partial charge in [-0.05, 0) is 40.8 Å². The highest BCUT2D eigenvalue weighted by molar-refractivity contribution is 5.93. The topological polar surface area (TPSA) is 41.1 Å². The Kier molecular flexibility index (Phi) is 3.85. The summed E-state index contributed by atoms with van der Waals surface area (Å²) in [4.78, 5) is 12.3. The van der Waals surface area contributed by atoms with Gasteiger partial charge in [0.05, 0.1) is 6.04 Å². The lowest BCUT2D eigenvalue weighted by atomic mass is 9.83. The number of fused-ring (bicyclic) bond motifs is 2. The Morgan fingerprint density at radius 2 is 1.29 bits per heavy atom. The Morgan fingerprint density at radius 1 is 0.750 bits per heavy atom. The first kappa shape index (κ1) is 14.7. The summed E-state index contributed by atoms with van der Waals surface area (Å²) < 4.78 is 0. The van der Waals surface area contributed by atoms with Crippen LogP contribution in [-0.2, 0) is 6.42 Å². The quantitative estimate of drug-likeness (QED) is 0.725. The van der Waals surface area contributed by atoms with E-state index in [0.29, 0.717) is 5.56 Å². The molecule has 4 rings (SSSR count). The zero-order chi connectivity index (χ0) is 16.4. The van der Waals surface area contributed by atoms with E-state index in [1.165, 1.54) is 22.3 Å². The largest absolute Gasteiger partial charge is 0.287 e. The molecule has 0 radical (unpaired) electrons. The molecule has 0 fully saturated rings. The number of carbonyl (C=O) groups excluding carboxylic acids is 1. The number of amides is 1. The van der Waals surface area contributed by atoms with Gasteiger partial charge in [-0.15, -0.1) is 0 Å². The number of hydrazine groups is 1. The van der Waals surface area contributed by atoms with Gasteiger partial charge >= 0.3 is 0 Å². The molecule has 3 nitrogen and oxygen atoms in total. The second kappa shape index (κ2) is 6.30. The summed E-state index contributed by atoms with van der Waals surface area (Å²) >= 11 is 0. The number of rotatable bonds is 3. The first-order valence-corrected chi connectivity index (χ1v) is 8.09. The van der Waals surface area contributed by atoms with Crippen molar-refractivity contribution < 1.29 is 4.79 Å². The first-order valence-electron chi connectivity index (χ1n) is 8.09. The molecule has 1 aliphatic rings. The summed E-state index contributed by atoms with van der Waals surface area (Å²) in [7, 11) is 0. The van der Waals surface area contributed by atoms with Crippen molar-refractivity contribution in [3.05, 3.63) is 107 Å². The second-order valence-corrected chi connectivity index (χ2v) is 5.97. The molecule has 0 heterocycles. The molecule has 0 saturated heterocycles. The first-order chi connectivity index (χ1) is 11.8. The van der Waals surface area contributed by atoms with Crippen LogP contribution in [0.25, 0.3) is 0 Å². The van der Waals surface area contributed by atoms with Crippen LogP contribution in [0, 0.1) is 0 Å². The smallest absolute Gasteiger partial charge is 0.265 e. The molecule has 0 saturated carbocycles. The fourth-order valence-corrected chi connectivity index (χ4v) is 3.28. The van der Waals surface area contributed by atoms with Crippen molar-refractivity contribution in [3.8, 4) is 0 Å². The van der Waals surface area contributed by atoms with E-state index in [9.17, 15) is 4.79 Å². The van der Waals surface area contributed by atoms with Crippen LogP contribution in [0.1, 0.15) is 38.7 Å². The van der Waals surface area contributed by atoms with E-state index >= 15 is 0 Å². The third-order valence-corrected chi connectivity index (χ3v) is 4.48. The maximum absolute atomic E-state index is 12.3. The molecule has 3 aromatic carbocycles. The van der Waals surface area contributed by atoms with Crippen LogP contribution in [-0.4, -0.2) is 5.91 Å². The summed E-state index contributed by atoms with van der Waals surface area (Å²) in [5, 5.41) is 0. The van der Waals surface area contributed by atoms with Crippen LogP contribution in [0.2, 0.25) is 0 Å². The lowest BCUT2D eigenvalue weighted by Gasteiger charge is -2.29. The Morgan fingerprint density at radius 3 is 1.92 bits per heavy atom. The fourth-order valence-electron chi connectivity index (χ4n) is 3.28. The molecule has 3 heteroatoms. The lowest BCUT2D eigenvalue weighted by Crippen LogP contribution is -2.41. The summed E-state index contributed by atoms with van der Waals surface area (Å²) in [6.45, 7) is 0. The van der Waals surface area contributed by atoms with Gasteiger partial charge in [-0.2, -0.15) is 0 Å². The summed E-state index contributed by atoms with van der Waals surface area (Å²) in [6.07, 6.45) is 0.928. The van der Waals surface area contributed by atoms with Gasteiger partial charge in [0.1, 0.15) is 0 Å². The molecule has 2 N–H and O–H groups in total. The molecule has 0 atom stereocenters. The zero-order valence-electron chi connectivity index (χ0n) is 13.2. The van der Waals surface area contributed by atoms with E-state index in [-0.39, 0.29) is 11.9 Å². The molecule has 0 bridgehead atoms. The zero-order valence-corrected chi connectivity index (χ0v) is 13.2. The molecule has 118 valence electrons. The molecular formula is C21H18N2O. The van der Waals surface area contributed by atoms with Gasteiger partial charge in [0.2, 0.25) is 0 Å². The van der Waals surface area contributed by atoms with E-state index in [1.807, 2.05) is 30.3 Å². The lowest BCUT2D eigenvalue weighted by molar-refractivity contribution is 0.0928. The maximum atomic E-state index is 12.3. The van der Waals surface area contributed by atoms with Gasteiger partial charge in [-0.3, -0.25) is 10.2 Å². The van der Waals surface area contributed by atoms with E-state index in [1.54, 1.807) is 12.1 Å². The number of nitrogens with one attached hydrogen (secondary N) is 2. The van der Waals surface area contributed by atoms with Crippen LogP contribution in [0.15, 0.2) is 78.9 Å². The molecule has 1 aliphatic carbocycles. The number of benzene rings is 3. The van der Waals surface area contributed by atoms with Crippen molar-refractivity contribution >= 4 is 5.91 Å². The minimum absolute atomic E-state index is 0.0428. The van der Waals surface area contributed by atoms with Gasteiger partial charge in [-0.1, -0.05) is 66.7 Å². The van der Waals surface area contributed by atoms with Crippen LogP contribution < -0.4 is 10.9 Å². The van der Waals surface area contributed by atoms with Crippen molar-refractivity contribution in [1.82, 2.24) is 10.9 Å². The van der Waals surface area contributed by atoms with Crippen molar-refractivity contribution in [1.29, 1.82) is 0 Å². The average Bonchev–Trinajstić information content (AvgIpc) is 2.65. The van der Waals surface area contributed by atoms with Crippen LogP contribution in [0.3, 0.4) is 0 Å². The second-order valence-electron chi connectivity index (χ2n) is 5.97. The SMILES string of the molecule is O=C(NNC1c2ccccc2Cc2ccccc21)c1ccccc1. The van der Waals surface area contributed by atoms with E-state index in [0.717, 1.165) is 6.42 Å². The van der Waals surface area contributed by atoms with Gasteiger partial charge in [0, 0.05) is 5.56 Å². The van der Waals surface area contributed by atoms with Gasteiger partial charge in [0.25, 0.3) is 5.91 Å². The molecule has 3 aromatic rings. The van der Waals surface area contributed by atoms with Gasteiger partial charge < -0.3 is 0 Å². The Bertz CT molecular complexity index is 828. The van der Waals surface area contributed by atoms with Crippen molar-refractivity contribution in [2.75, 3.05) is 0 Å². The van der Waals surface area contributed by atoms with Crippen LogP contribution >= 0.6 is 0 Å². The number of hydrogen-bond acceptors (Lipinski definition) is 2. The molecule has 1 amide bonds. The average molecular weight is 314 g/mol. The van der Waals surface area contributed by atoms with Crippen LogP contribution in [0.4, 0.5) is 0 Å². The highest BCUT2D eigenvalue weighted by atomic mass is 16.2. The van der Waals surface area contributed by atoms with Gasteiger partial charge in [0.15, 0.2) is 0 Å². The molecule has 0 unspecified atom stereocenters. The third kappa shape index (κ3) is 2.70. The van der Waals surface area contributed by atoms with E-state index < -0.39 is 0 Å². The minimum Gasteiger partial charge on any atom is -0.287 e. The third-order valence-electron chi connectivity index (χ3n) is 4.48.